The molecule has 0 aliphatic carbocycles. The smallest absolute Gasteiger partial charge is 0.416 e. The number of hydrogen-bond donors (Lipinski definition) is 1. The number of para-hydroxylation sites is 2. The standard InChI is InChI=1S/C15H12F3NO2/c1-9(20)11-7-6-10(15(16,17)18)8-14(11)21-13-5-3-2-4-12(13)19/h2-8H,19H2,1H3. The van der Waals surface area contributed by atoms with Crippen molar-refractivity contribution in [2.45, 2.75) is 13.1 Å². The van der Waals surface area contributed by atoms with Crippen LogP contribution in [0, 0.1) is 0 Å². The quantitative estimate of drug-likeness (QED) is 0.679. The second kappa shape index (κ2) is 5.47. The lowest BCUT2D eigenvalue weighted by Crippen LogP contribution is -2.07. The third-order valence-corrected chi connectivity index (χ3v) is 2.83. The molecule has 0 saturated heterocycles. The lowest BCUT2D eigenvalue weighted by Gasteiger charge is -2.14. The van der Waals surface area contributed by atoms with E-state index in [0.717, 1.165) is 18.2 Å². The molecule has 0 amide bonds. The van der Waals surface area contributed by atoms with E-state index in [1.54, 1.807) is 18.2 Å². The number of Topliss-reactive ketones (excluding diaryl/α,β-unsaturated/α-hetero) is 1. The van der Waals surface area contributed by atoms with Gasteiger partial charge in [-0.2, -0.15) is 13.2 Å². The number of hydrogen-bond acceptors (Lipinski definition) is 3. The van der Waals surface area contributed by atoms with Crippen LogP contribution in [-0.4, -0.2) is 5.78 Å². The molecule has 2 N–H and O–H groups in total. The SMILES string of the molecule is CC(=O)c1ccc(C(F)(F)F)cc1Oc1ccccc1N. The van der Waals surface area contributed by atoms with E-state index in [4.69, 9.17) is 10.5 Å². The van der Waals surface area contributed by atoms with Gasteiger partial charge in [0.25, 0.3) is 0 Å². The number of anilines is 1. The molecule has 3 nitrogen and oxygen atoms in total. The number of ether oxygens (including phenoxy) is 1. The van der Waals surface area contributed by atoms with Gasteiger partial charge in [-0.3, -0.25) is 4.79 Å². The molecule has 110 valence electrons. The predicted molar refractivity (Wildman–Crippen MR) is 72.4 cm³/mol. The number of ketones is 1. The summed E-state index contributed by atoms with van der Waals surface area (Å²) < 4.78 is 43.7. The van der Waals surface area contributed by atoms with E-state index in [1.165, 1.54) is 13.0 Å². The van der Waals surface area contributed by atoms with E-state index in [9.17, 15) is 18.0 Å². The Morgan fingerprint density at radius 3 is 2.33 bits per heavy atom. The summed E-state index contributed by atoms with van der Waals surface area (Å²) in [6.07, 6.45) is -4.52. The topological polar surface area (TPSA) is 52.3 Å². The Morgan fingerprint density at radius 1 is 1.10 bits per heavy atom. The maximum absolute atomic E-state index is 12.8. The number of carbonyl (C=O) groups excluding carboxylic acids is 1. The van der Waals surface area contributed by atoms with Gasteiger partial charge < -0.3 is 10.5 Å². The fourth-order valence-corrected chi connectivity index (χ4v) is 1.77. The number of benzene rings is 2. The Morgan fingerprint density at radius 2 is 1.76 bits per heavy atom. The lowest BCUT2D eigenvalue weighted by atomic mass is 10.1. The van der Waals surface area contributed by atoms with Gasteiger partial charge in [0.1, 0.15) is 11.5 Å². The molecule has 2 aromatic rings. The van der Waals surface area contributed by atoms with Crippen LogP contribution in [0.2, 0.25) is 0 Å². The third kappa shape index (κ3) is 3.34. The van der Waals surface area contributed by atoms with Gasteiger partial charge in [-0.05, 0) is 37.3 Å². The van der Waals surface area contributed by atoms with Crippen molar-refractivity contribution in [1.29, 1.82) is 0 Å². The number of rotatable bonds is 3. The average molecular weight is 295 g/mol. The Kier molecular flexibility index (Phi) is 3.88. The summed E-state index contributed by atoms with van der Waals surface area (Å²) in [7, 11) is 0. The minimum absolute atomic E-state index is 0.0613. The molecular formula is C15H12F3NO2. The van der Waals surface area contributed by atoms with Crippen LogP contribution in [0.25, 0.3) is 0 Å². The normalized spacial score (nSPS) is 11.2. The second-order valence-corrected chi connectivity index (χ2v) is 4.40. The predicted octanol–water partition coefficient (Wildman–Crippen LogP) is 4.28. The highest BCUT2D eigenvalue weighted by molar-refractivity contribution is 5.97. The third-order valence-electron chi connectivity index (χ3n) is 2.83. The first-order chi connectivity index (χ1) is 9.79. The number of nitrogen functional groups attached to an aromatic ring is 1. The molecule has 0 spiro atoms. The van der Waals surface area contributed by atoms with Crippen LogP contribution in [0.3, 0.4) is 0 Å². The van der Waals surface area contributed by atoms with E-state index in [1.807, 2.05) is 0 Å². The molecule has 0 atom stereocenters. The molecule has 0 unspecified atom stereocenters. The molecule has 0 bridgehead atoms. The summed E-state index contributed by atoms with van der Waals surface area (Å²) >= 11 is 0. The van der Waals surface area contributed by atoms with Crippen molar-refractivity contribution in [2.24, 2.45) is 0 Å². The van der Waals surface area contributed by atoms with E-state index >= 15 is 0 Å². The Labute approximate surface area is 119 Å². The molecule has 6 heteroatoms. The first-order valence-electron chi connectivity index (χ1n) is 6.03. The highest BCUT2D eigenvalue weighted by atomic mass is 19.4. The zero-order chi connectivity index (χ0) is 15.6. The van der Waals surface area contributed by atoms with Gasteiger partial charge in [0.15, 0.2) is 5.78 Å². The van der Waals surface area contributed by atoms with Crippen LogP contribution >= 0.6 is 0 Å². The minimum atomic E-state index is -4.52. The van der Waals surface area contributed by atoms with E-state index in [-0.39, 0.29) is 22.7 Å². The maximum Gasteiger partial charge on any atom is 0.416 e. The first-order valence-corrected chi connectivity index (χ1v) is 6.03. The van der Waals surface area contributed by atoms with Crippen LogP contribution < -0.4 is 10.5 Å². The molecule has 21 heavy (non-hydrogen) atoms. The highest BCUT2D eigenvalue weighted by Gasteiger charge is 2.31. The van der Waals surface area contributed by atoms with Crippen molar-refractivity contribution in [2.75, 3.05) is 5.73 Å². The summed E-state index contributed by atoms with van der Waals surface area (Å²) in [4.78, 5) is 11.5. The molecule has 0 aliphatic heterocycles. The number of halogens is 3. The molecule has 0 fully saturated rings. The summed E-state index contributed by atoms with van der Waals surface area (Å²) in [5.74, 6) is -0.372. The number of nitrogens with two attached hydrogens (primary N) is 1. The van der Waals surface area contributed by atoms with Crippen molar-refractivity contribution in [3.05, 3.63) is 53.6 Å². The zero-order valence-electron chi connectivity index (χ0n) is 11.1. The van der Waals surface area contributed by atoms with E-state index in [0.29, 0.717) is 0 Å². The van der Waals surface area contributed by atoms with Crippen molar-refractivity contribution >= 4 is 11.5 Å². The monoisotopic (exact) mass is 295 g/mol. The Balaban J connectivity index is 2.49. The first kappa shape index (κ1) is 14.9. The van der Waals surface area contributed by atoms with Crippen molar-refractivity contribution < 1.29 is 22.7 Å². The maximum atomic E-state index is 12.8. The fraction of sp³-hybridized carbons (Fsp3) is 0.133. The summed E-state index contributed by atoms with van der Waals surface area (Å²) in [6.45, 7) is 1.25. The average Bonchev–Trinajstić information content (AvgIpc) is 2.40. The van der Waals surface area contributed by atoms with Crippen molar-refractivity contribution in [3.8, 4) is 11.5 Å². The van der Waals surface area contributed by atoms with E-state index < -0.39 is 17.5 Å². The van der Waals surface area contributed by atoms with Crippen LogP contribution in [0.15, 0.2) is 42.5 Å². The fourth-order valence-electron chi connectivity index (χ4n) is 1.77. The van der Waals surface area contributed by atoms with Crippen molar-refractivity contribution in [3.63, 3.8) is 0 Å². The molecule has 0 radical (unpaired) electrons. The summed E-state index contributed by atoms with van der Waals surface area (Å²) in [6, 6.07) is 9.10. The molecule has 0 aromatic heterocycles. The molecule has 0 heterocycles. The molecule has 2 rings (SSSR count). The van der Waals surface area contributed by atoms with Gasteiger partial charge in [0.05, 0.1) is 16.8 Å². The second-order valence-electron chi connectivity index (χ2n) is 4.40. The summed E-state index contributed by atoms with van der Waals surface area (Å²) in [5, 5.41) is 0. The van der Waals surface area contributed by atoms with Crippen LogP contribution in [0.1, 0.15) is 22.8 Å². The Bertz CT molecular complexity index is 681. The Hall–Kier alpha value is -2.50. The van der Waals surface area contributed by atoms with E-state index in [2.05, 4.69) is 0 Å². The van der Waals surface area contributed by atoms with Crippen LogP contribution in [0.5, 0.6) is 11.5 Å². The van der Waals surface area contributed by atoms with Crippen LogP contribution in [-0.2, 0) is 6.18 Å². The molecule has 0 saturated carbocycles. The highest BCUT2D eigenvalue weighted by Crippen LogP contribution is 2.36. The number of alkyl halides is 3. The molecule has 2 aromatic carbocycles. The van der Waals surface area contributed by atoms with Gasteiger partial charge in [-0.1, -0.05) is 12.1 Å². The summed E-state index contributed by atoms with van der Waals surface area (Å²) in [5.41, 5.74) is 5.12. The molecule has 0 aliphatic rings. The minimum Gasteiger partial charge on any atom is -0.454 e. The van der Waals surface area contributed by atoms with Crippen LogP contribution in [0.4, 0.5) is 18.9 Å². The van der Waals surface area contributed by atoms with Gasteiger partial charge in [-0.15, -0.1) is 0 Å². The van der Waals surface area contributed by atoms with Gasteiger partial charge in [-0.25, -0.2) is 0 Å². The lowest BCUT2D eigenvalue weighted by molar-refractivity contribution is -0.137. The number of carbonyl (C=O) groups is 1. The zero-order valence-corrected chi connectivity index (χ0v) is 11.1. The van der Waals surface area contributed by atoms with Crippen molar-refractivity contribution in [1.82, 2.24) is 0 Å². The van der Waals surface area contributed by atoms with Gasteiger partial charge >= 0.3 is 6.18 Å². The largest absolute Gasteiger partial charge is 0.454 e. The van der Waals surface area contributed by atoms with Gasteiger partial charge in [0.2, 0.25) is 0 Å². The van der Waals surface area contributed by atoms with Gasteiger partial charge in [0, 0.05) is 0 Å². The molecular weight excluding hydrogens is 283 g/mol.